The van der Waals surface area contributed by atoms with E-state index in [0.717, 1.165) is 30.9 Å². The van der Waals surface area contributed by atoms with Gasteiger partial charge in [-0.3, -0.25) is 4.79 Å². The lowest BCUT2D eigenvalue weighted by molar-refractivity contribution is -0.130. The van der Waals surface area contributed by atoms with Crippen molar-refractivity contribution in [3.05, 3.63) is 0 Å². The summed E-state index contributed by atoms with van der Waals surface area (Å²) >= 11 is 3.72. The highest BCUT2D eigenvalue weighted by atomic mass is 32.2. The van der Waals surface area contributed by atoms with E-state index in [-0.39, 0.29) is 5.25 Å². The molecule has 15 heavy (non-hydrogen) atoms. The van der Waals surface area contributed by atoms with Crippen molar-refractivity contribution in [2.24, 2.45) is 5.73 Å². The molecule has 0 radical (unpaired) electrons. The molecule has 2 atom stereocenters. The Bertz CT molecular complexity index is 231. The molecule has 2 N–H and O–H groups in total. The lowest BCUT2D eigenvalue weighted by atomic mass is 10.2. The lowest BCUT2D eigenvalue weighted by Crippen LogP contribution is -2.45. The number of thioether (sulfide) groups is 2. The van der Waals surface area contributed by atoms with Crippen LogP contribution in [0.1, 0.15) is 12.8 Å². The van der Waals surface area contributed by atoms with Crippen molar-refractivity contribution in [2.45, 2.75) is 24.1 Å². The molecule has 1 amide bonds. The fourth-order valence-corrected chi connectivity index (χ4v) is 4.80. The molecule has 2 rings (SSSR count). The largest absolute Gasteiger partial charge is 0.337 e. The van der Waals surface area contributed by atoms with Gasteiger partial charge < -0.3 is 10.6 Å². The summed E-state index contributed by atoms with van der Waals surface area (Å²) in [6, 6.07) is 0.310. The summed E-state index contributed by atoms with van der Waals surface area (Å²) in [5.41, 5.74) is 5.69. The van der Waals surface area contributed by atoms with Crippen LogP contribution in [0.4, 0.5) is 0 Å². The number of amides is 1. The van der Waals surface area contributed by atoms with Gasteiger partial charge in [-0.1, -0.05) is 0 Å². The zero-order valence-corrected chi connectivity index (χ0v) is 10.5. The first-order chi connectivity index (χ1) is 7.33. The van der Waals surface area contributed by atoms with E-state index in [1.165, 1.54) is 5.75 Å². The SMILES string of the molecule is NCC1CCCN1C(=O)C1CSCCS1. The minimum atomic E-state index is 0.191. The van der Waals surface area contributed by atoms with Gasteiger partial charge in [0, 0.05) is 36.4 Å². The van der Waals surface area contributed by atoms with Gasteiger partial charge in [-0.15, -0.1) is 11.8 Å². The van der Waals surface area contributed by atoms with Crippen molar-refractivity contribution in [1.29, 1.82) is 0 Å². The van der Waals surface area contributed by atoms with Gasteiger partial charge in [0.05, 0.1) is 5.25 Å². The first kappa shape index (κ1) is 11.6. The Morgan fingerprint density at radius 1 is 1.47 bits per heavy atom. The number of likely N-dealkylation sites (tertiary alicyclic amines) is 1. The fraction of sp³-hybridized carbons (Fsp3) is 0.900. The zero-order chi connectivity index (χ0) is 10.7. The standard InChI is InChI=1S/C10H18N2OS2/c11-6-8-2-1-3-12(8)10(13)9-7-14-4-5-15-9/h8-9H,1-7,11H2. The quantitative estimate of drug-likeness (QED) is 0.782. The third-order valence-electron chi connectivity index (χ3n) is 3.02. The normalized spacial score (nSPS) is 31.9. The first-order valence-electron chi connectivity index (χ1n) is 5.53. The van der Waals surface area contributed by atoms with Gasteiger partial charge >= 0.3 is 0 Å². The number of hydrogen-bond donors (Lipinski definition) is 1. The highest BCUT2D eigenvalue weighted by Gasteiger charge is 2.33. The molecule has 0 aliphatic carbocycles. The maximum absolute atomic E-state index is 12.2. The van der Waals surface area contributed by atoms with E-state index in [0.29, 0.717) is 18.5 Å². The molecule has 2 aliphatic heterocycles. The predicted molar refractivity (Wildman–Crippen MR) is 67.4 cm³/mol. The molecule has 0 spiro atoms. The predicted octanol–water partition coefficient (Wildman–Crippen LogP) is 0.785. The Labute approximate surface area is 99.5 Å². The van der Waals surface area contributed by atoms with E-state index in [9.17, 15) is 4.79 Å². The first-order valence-corrected chi connectivity index (χ1v) is 7.73. The van der Waals surface area contributed by atoms with Gasteiger partial charge in [-0.2, -0.15) is 11.8 Å². The molecule has 5 heteroatoms. The summed E-state index contributed by atoms with van der Waals surface area (Å²) in [6.45, 7) is 1.54. The van der Waals surface area contributed by atoms with Gasteiger partial charge in [0.1, 0.15) is 0 Å². The maximum Gasteiger partial charge on any atom is 0.236 e. The molecule has 2 aliphatic rings. The highest BCUT2D eigenvalue weighted by molar-refractivity contribution is 8.07. The second-order valence-electron chi connectivity index (χ2n) is 4.00. The van der Waals surface area contributed by atoms with E-state index < -0.39 is 0 Å². The van der Waals surface area contributed by atoms with Gasteiger partial charge in [0.2, 0.25) is 5.91 Å². The number of carbonyl (C=O) groups is 1. The number of rotatable bonds is 2. The zero-order valence-electron chi connectivity index (χ0n) is 8.85. The Morgan fingerprint density at radius 3 is 3.00 bits per heavy atom. The molecule has 0 saturated carbocycles. The Morgan fingerprint density at radius 2 is 2.33 bits per heavy atom. The van der Waals surface area contributed by atoms with Crippen LogP contribution in [0.25, 0.3) is 0 Å². The van der Waals surface area contributed by atoms with Crippen molar-refractivity contribution in [2.75, 3.05) is 30.3 Å². The molecular formula is C10H18N2OS2. The van der Waals surface area contributed by atoms with Gasteiger partial charge in [0.15, 0.2) is 0 Å². The Balaban J connectivity index is 1.93. The van der Waals surface area contributed by atoms with Crippen molar-refractivity contribution < 1.29 is 4.79 Å². The van der Waals surface area contributed by atoms with Crippen molar-refractivity contribution in [3.63, 3.8) is 0 Å². The summed E-state index contributed by atoms with van der Waals surface area (Å²) in [4.78, 5) is 14.2. The average molecular weight is 246 g/mol. The third kappa shape index (κ3) is 2.63. The van der Waals surface area contributed by atoms with Crippen LogP contribution in [-0.2, 0) is 4.79 Å². The monoisotopic (exact) mass is 246 g/mol. The summed E-state index contributed by atoms with van der Waals surface area (Å²) < 4.78 is 0. The lowest BCUT2D eigenvalue weighted by Gasteiger charge is -2.29. The molecular weight excluding hydrogens is 228 g/mol. The molecule has 3 nitrogen and oxygen atoms in total. The fourth-order valence-electron chi connectivity index (χ4n) is 2.19. The van der Waals surface area contributed by atoms with Gasteiger partial charge in [-0.25, -0.2) is 0 Å². The van der Waals surface area contributed by atoms with E-state index in [2.05, 4.69) is 0 Å². The molecule has 0 bridgehead atoms. The van der Waals surface area contributed by atoms with Crippen LogP contribution >= 0.6 is 23.5 Å². The van der Waals surface area contributed by atoms with Crippen LogP contribution in [0.15, 0.2) is 0 Å². The van der Waals surface area contributed by atoms with Crippen molar-refractivity contribution in [3.8, 4) is 0 Å². The molecule has 2 saturated heterocycles. The van der Waals surface area contributed by atoms with E-state index >= 15 is 0 Å². The molecule has 0 aromatic heterocycles. The average Bonchev–Trinajstić information content (AvgIpc) is 2.77. The number of carbonyl (C=O) groups excluding carboxylic acids is 1. The summed E-state index contributed by atoms with van der Waals surface area (Å²) in [5, 5.41) is 0.191. The van der Waals surface area contributed by atoms with Crippen molar-refractivity contribution >= 4 is 29.4 Å². The summed E-state index contributed by atoms with van der Waals surface area (Å²) in [7, 11) is 0. The molecule has 2 fully saturated rings. The van der Waals surface area contributed by atoms with Gasteiger partial charge in [-0.05, 0) is 12.8 Å². The van der Waals surface area contributed by atoms with Crippen LogP contribution in [-0.4, -0.2) is 52.4 Å². The number of nitrogens with two attached hydrogens (primary N) is 1. The molecule has 86 valence electrons. The number of nitrogens with zero attached hydrogens (tertiary/aromatic N) is 1. The minimum Gasteiger partial charge on any atom is -0.337 e. The third-order valence-corrected chi connectivity index (χ3v) is 5.77. The maximum atomic E-state index is 12.2. The van der Waals surface area contributed by atoms with Crippen LogP contribution in [0.5, 0.6) is 0 Å². The van der Waals surface area contributed by atoms with Gasteiger partial charge in [0.25, 0.3) is 0 Å². The number of hydrogen-bond acceptors (Lipinski definition) is 4. The van der Waals surface area contributed by atoms with E-state index in [1.807, 2.05) is 28.4 Å². The summed E-state index contributed by atoms with van der Waals surface area (Å²) in [5.74, 6) is 3.62. The second kappa shape index (κ2) is 5.46. The molecule has 2 unspecified atom stereocenters. The smallest absolute Gasteiger partial charge is 0.236 e. The minimum absolute atomic E-state index is 0.191. The Hall–Kier alpha value is 0.130. The topological polar surface area (TPSA) is 46.3 Å². The molecule has 0 aromatic rings. The second-order valence-corrected chi connectivity index (χ2v) is 6.46. The van der Waals surface area contributed by atoms with Crippen LogP contribution < -0.4 is 5.73 Å². The van der Waals surface area contributed by atoms with E-state index in [4.69, 9.17) is 5.73 Å². The Kier molecular flexibility index (Phi) is 4.22. The van der Waals surface area contributed by atoms with Crippen LogP contribution in [0.2, 0.25) is 0 Å². The molecule has 2 heterocycles. The van der Waals surface area contributed by atoms with E-state index in [1.54, 1.807) is 0 Å². The van der Waals surface area contributed by atoms with Crippen LogP contribution in [0.3, 0.4) is 0 Å². The highest BCUT2D eigenvalue weighted by Crippen LogP contribution is 2.28. The molecule has 0 aromatic carbocycles. The van der Waals surface area contributed by atoms with Crippen LogP contribution in [0, 0.1) is 0 Å². The van der Waals surface area contributed by atoms with Crippen molar-refractivity contribution in [1.82, 2.24) is 4.90 Å². The summed E-state index contributed by atoms with van der Waals surface area (Å²) in [6.07, 6.45) is 2.21.